The largest absolute Gasteiger partial charge is 0.326 e. The van der Waals surface area contributed by atoms with Gasteiger partial charge in [0.1, 0.15) is 0 Å². The number of nitrogens with one attached hydrogen (secondary N) is 1. The summed E-state index contributed by atoms with van der Waals surface area (Å²) < 4.78 is 29.8. The first-order valence-electron chi connectivity index (χ1n) is 9.96. The van der Waals surface area contributed by atoms with Crippen molar-refractivity contribution in [2.75, 3.05) is 24.2 Å². The van der Waals surface area contributed by atoms with Gasteiger partial charge in [-0.05, 0) is 44.4 Å². The monoisotopic (exact) mass is 436 g/mol. The predicted molar refractivity (Wildman–Crippen MR) is 116 cm³/mol. The van der Waals surface area contributed by atoms with Gasteiger partial charge in [0.2, 0.25) is 15.9 Å². The Bertz CT molecular complexity index is 948. The maximum Gasteiger partial charge on any atom is 0.243 e. The van der Waals surface area contributed by atoms with E-state index in [1.54, 1.807) is 35.6 Å². The molecule has 1 N–H and O–H groups in total. The third-order valence-electron chi connectivity index (χ3n) is 5.01. The molecular weight excluding hydrogens is 408 g/mol. The van der Waals surface area contributed by atoms with Gasteiger partial charge >= 0.3 is 0 Å². The van der Waals surface area contributed by atoms with Gasteiger partial charge in [-0.3, -0.25) is 4.79 Å². The fourth-order valence-electron chi connectivity index (χ4n) is 3.38. The smallest absolute Gasteiger partial charge is 0.243 e. The quantitative estimate of drug-likeness (QED) is 0.672. The van der Waals surface area contributed by atoms with Crippen LogP contribution in [0.2, 0.25) is 0 Å². The normalized spacial score (nSPS) is 15.8. The van der Waals surface area contributed by atoms with Crippen LogP contribution < -0.4 is 5.32 Å². The Labute approximate surface area is 176 Å². The molecule has 0 radical (unpaired) electrons. The Balaban J connectivity index is 1.70. The molecule has 7 nitrogen and oxygen atoms in total. The molecule has 29 heavy (non-hydrogen) atoms. The van der Waals surface area contributed by atoms with Crippen molar-refractivity contribution >= 4 is 33.4 Å². The Morgan fingerprint density at radius 3 is 2.62 bits per heavy atom. The van der Waals surface area contributed by atoms with Gasteiger partial charge < -0.3 is 9.88 Å². The third kappa shape index (κ3) is 5.40. The summed E-state index contributed by atoms with van der Waals surface area (Å²) in [5.74, 6) is 0.0154. The van der Waals surface area contributed by atoms with E-state index in [2.05, 4.69) is 10.3 Å². The number of aromatic nitrogens is 2. The first-order valence-corrected chi connectivity index (χ1v) is 12.4. The lowest BCUT2D eigenvalue weighted by Crippen LogP contribution is -2.32. The maximum atomic E-state index is 13.1. The van der Waals surface area contributed by atoms with Gasteiger partial charge in [-0.1, -0.05) is 30.7 Å². The SMILES string of the molecule is CCn1ccnc1SCC(=O)Nc1ccc(C)c(S(=O)(=O)N2CCCCCC2)c1. The number of hydrogen-bond acceptors (Lipinski definition) is 5. The highest BCUT2D eigenvalue weighted by Crippen LogP contribution is 2.26. The van der Waals surface area contributed by atoms with Crippen LogP contribution in [0.1, 0.15) is 38.2 Å². The fraction of sp³-hybridized carbons (Fsp3) is 0.500. The molecule has 1 aliphatic heterocycles. The zero-order valence-electron chi connectivity index (χ0n) is 16.9. The summed E-state index contributed by atoms with van der Waals surface area (Å²) in [5.41, 5.74) is 1.18. The van der Waals surface area contributed by atoms with Crippen LogP contribution in [0.5, 0.6) is 0 Å². The third-order valence-corrected chi connectivity index (χ3v) is 8.05. The topological polar surface area (TPSA) is 84.3 Å². The second-order valence-electron chi connectivity index (χ2n) is 7.13. The number of carbonyl (C=O) groups is 1. The second kappa shape index (κ2) is 9.77. The molecule has 2 heterocycles. The number of sulfonamides is 1. The van der Waals surface area contributed by atoms with E-state index >= 15 is 0 Å². The van der Waals surface area contributed by atoms with Gasteiger partial charge in [0, 0.05) is 37.7 Å². The zero-order valence-corrected chi connectivity index (χ0v) is 18.6. The fourth-order valence-corrected chi connectivity index (χ4v) is 5.97. The number of amides is 1. The highest BCUT2D eigenvalue weighted by molar-refractivity contribution is 7.99. The Morgan fingerprint density at radius 1 is 1.21 bits per heavy atom. The molecule has 3 rings (SSSR count). The first-order chi connectivity index (χ1) is 13.9. The van der Waals surface area contributed by atoms with E-state index in [1.165, 1.54) is 11.8 Å². The highest BCUT2D eigenvalue weighted by atomic mass is 32.2. The van der Waals surface area contributed by atoms with Gasteiger partial charge in [0.25, 0.3) is 0 Å². The zero-order chi connectivity index (χ0) is 20.9. The molecule has 0 unspecified atom stereocenters. The average Bonchev–Trinajstić information content (AvgIpc) is 2.97. The second-order valence-corrected chi connectivity index (χ2v) is 9.98. The van der Waals surface area contributed by atoms with Crippen LogP contribution in [0, 0.1) is 6.92 Å². The van der Waals surface area contributed by atoms with Crippen molar-refractivity contribution in [3.05, 3.63) is 36.2 Å². The minimum atomic E-state index is -3.57. The standard InChI is InChI=1S/C20H28N4O3S2/c1-3-23-13-10-21-20(23)28-15-19(25)22-17-9-8-16(2)18(14-17)29(26,27)24-11-6-4-5-7-12-24/h8-10,13-14H,3-7,11-12,15H2,1-2H3,(H,22,25). The summed E-state index contributed by atoms with van der Waals surface area (Å²) in [7, 11) is -3.57. The lowest BCUT2D eigenvalue weighted by molar-refractivity contribution is -0.113. The summed E-state index contributed by atoms with van der Waals surface area (Å²) in [5, 5.41) is 3.61. The van der Waals surface area contributed by atoms with E-state index in [9.17, 15) is 13.2 Å². The molecule has 1 amide bonds. The number of rotatable bonds is 7. The summed E-state index contributed by atoms with van der Waals surface area (Å²) in [4.78, 5) is 16.9. The lowest BCUT2D eigenvalue weighted by atomic mass is 10.2. The summed E-state index contributed by atoms with van der Waals surface area (Å²) in [6, 6.07) is 5.06. The molecule has 1 aliphatic rings. The van der Waals surface area contributed by atoms with E-state index in [4.69, 9.17) is 0 Å². The molecular formula is C20H28N4O3S2. The molecule has 1 fully saturated rings. The number of thioether (sulfide) groups is 1. The number of imidazole rings is 1. The van der Waals surface area contributed by atoms with Crippen molar-refractivity contribution in [1.29, 1.82) is 0 Å². The molecule has 1 aromatic carbocycles. The number of carbonyl (C=O) groups excluding carboxylic acids is 1. The van der Waals surface area contributed by atoms with Gasteiger partial charge in [-0.15, -0.1) is 0 Å². The van der Waals surface area contributed by atoms with E-state index in [0.717, 1.165) is 37.4 Å². The molecule has 0 atom stereocenters. The number of nitrogens with zero attached hydrogens (tertiary/aromatic N) is 3. The molecule has 158 valence electrons. The van der Waals surface area contributed by atoms with Gasteiger partial charge in [0.15, 0.2) is 5.16 Å². The highest BCUT2D eigenvalue weighted by Gasteiger charge is 2.27. The molecule has 9 heteroatoms. The average molecular weight is 437 g/mol. The van der Waals surface area contributed by atoms with Crippen LogP contribution in [-0.2, 0) is 21.4 Å². The molecule has 2 aromatic rings. The first kappa shape index (κ1) is 21.9. The van der Waals surface area contributed by atoms with Gasteiger partial charge in [-0.2, -0.15) is 4.31 Å². The molecule has 0 bridgehead atoms. The van der Waals surface area contributed by atoms with Crippen molar-refractivity contribution in [2.24, 2.45) is 0 Å². The van der Waals surface area contributed by atoms with E-state index in [1.807, 2.05) is 17.7 Å². The summed E-state index contributed by atoms with van der Waals surface area (Å²) in [6.45, 7) is 5.71. The van der Waals surface area contributed by atoms with Crippen LogP contribution >= 0.6 is 11.8 Å². The maximum absolute atomic E-state index is 13.1. The van der Waals surface area contributed by atoms with Gasteiger partial charge in [0.05, 0.1) is 10.6 Å². The lowest BCUT2D eigenvalue weighted by Gasteiger charge is -2.21. The summed E-state index contributed by atoms with van der Waals surface area (Å²) in [6.07, 6.45) is 7.49. The molecule has 1 saturated heterocycles. The summed E-state index contributed by atoms with van der Waals surface area (Å²) >= 11 is 1.36. The number of aryl methyl sites for hydroxylation is 2. The Kier molecular flexibility index (Phi) is 7.37. The Morgan fingerprint density at radius 2 is 1.93 bits per heavy atom. The van der Waals surface area contributed by atoms with Crippen LogP contribution in [0.25, 0.3) is 0 Å². The molecule has 0 saturated carbocycles. The molecule has 0 spiro atoms. The number of anilines is 1. The van der Waals surface area contributed by atoms with Crippen LogP contribution in [0.4, 0.5) is 5.69 Å². The Hall–Kier alpha value is -1.84. The van der Waals surface area contributed by atoms with E-state index in [-0.39, 0.29) is 16.6 Å². The van der Waals surface area contributed by atoms with E-state index < -0.39 is 10.0 Å². The van der Waals surface area contributed by atoms with Crippen LogP contribution in [0.15, 0.2) is 40.6 Å². The van der Waals surface area contributed by atoms with Crippen LogP contribution in [0.3, 0.4) is 0 Å². The number of hydrogen-bond donors (Lipinski definition) is 1. The van der Waals surface area contributed by atoms with Gasteiger partial charge in [-0.25, -0.2) is 13.4 Å². The number of benzene rings is 1. The minimum Gasteiger partial charge on any atom is -0.326 e. The molecule has 0 aliphatic carbocycles. The predicted octanol–water partition coefficient (Wildman–Crippen LogP) is 3.51. The van der Waals surface area contributed by atoms with Crippen molar-refractivity contribution in [1.82, 2.24) is 13.9 Å². The van der Waals surface area contributed by atoms with Crippen molar-refractivity contribution < 1.29 is 13.2 Å². The van der Waals surface area contributed by atoms with Crippen molar-refractivity contribution in [2.45, 2.75) is 56.1 Å². The van der Waals surface area contributed by atoms with Crippen molar-refractivity contribution in [3.8, 4) is 0 Å². The molecule has 1 aromatic heterocycles. The van der Waals surface area contributed by atoms with Crippen molar-refractivity contribution in [3.63, 3.8) is 0 Å². The van der Waals surface area contributed by atoms with Crippen LogP contribution in [-0.4, -0.2) is 47.0 Å². The minimum absolute atomic E-state index is 0.192. The van der Waals surface area contributed by atoms with E-state index in [0.29, 0.717) is 24.3 Å².